The molecule has 0 amide bonds. The molecule has 0 saturated heterocycles. The number of alkyl halides is 1. The van der Waals surface area contributed by atoms with Gasteiger partial charge in [-0.1, -0.05) is 18.2 Å². The van der Waals surface area contributed by atoms with Gasteiger partial charge in [-0.05, 0) is 6.07 Å². The first-order chi connectivity index (χ1) is 5.79. The highest BCUT2D eigenvalue weighted by Crippen LogP contribution is 2.24. The van der Waals surface area contributed by atoms with E-state index in [0.29, 0.717) is 5.75 Å². The van der Waals surface area contributed by atoms with Crippen molar-refractivity contribution in [3.8, 4) is 5.75 Å². The van der Waals surface area contributed by atoms with Crippen molar-refractivity contribution in [1.29, 1.82) is 0 Å². The van der Waals surface area contributed by atoms with Crippen LogP contribution in [0.4, 0.5) is 0 Å². The van der Waals surface area contributed by atoms with E-state index in [2.05, 4.69) is 0 Å². The average Bonchev–Trinajstić information content (AvgIpc) is 2.16. The highest BCUT2D eigenvalue weighted by Gasteiger charge is 2.10. The van der Waals surface area contributed by atoms with Crippen molar-refractivity contribution in [2.24, 2.45) is 0 Å². The van der Waals surface area contributed by atoms with E-state index >= 15 is 0 Å². The molecule has 1 rings (SSSR count). The molecule has 3 heteroatoms. The zero-order chi connectivity index (χ0) is 8.97. The van der Waals surface area contributed by atoms with Crippen LogP contribution in [-0.2, 0) is 0 Å². The standard InChI is InChI=1S/C9H11ClO2/c1-12-9-5-3-2-4-7(9)8(11)6-10/h2-5,8,11H,6H2,1H3. The topological polar surface area (TPSA) is 29.5 Å². The van der Waals surface area contributed by atoms with Crippen LogP contribution >= 0.6 is 11.6 Å². The molecule has 2 nitrogen and oxygen atoms in total. The molecular weight excluding hydrogens is 176 g/mol. The number of hydrogen-bond donors (Lipinski definition) is 1. The SMILES string of the molecule is COc1ccccc1C(O)CCl. The minimum atomic E-state index is -0.650. The smallest absolute Gasteiger partial charge is 0.124 e. The second kappa shape index (κ2) is 4.33. The molecule has 0 aliphatic rings. The molecule has 0 aliphatic heterocycles. The summed E-state index contributed by atoms with van der Waals surface area (Å²) in [5.41, 5.74) is 0.731. The molecule has 1 unspecified atom stereocenters. The molecule has 0 heterocycles. The number of hydrogen-bond acceptors (Lipinski definition) is 2. The second-order valence-corrected chi connectivity index (χ2v) is 2.72. The number of aliphatic hydroxyl groups is 1. The molecule has 12 heavy (non-hydrogen) atoms. The Labute approximate surface area is 76.7 Å². The number of para-hydroxylation sites is 1. The first-order valence-electron chi connectivity index (χ1n) is 3.66. The Hall–Kier alpha value is -0.730. The summed E-state index contributed by atoms with van der Waals surface area (Å²) in [4.78, 5) is 0. The molecule has 0 bridgehead atoms. The number of methoxy groups -OCH3 is 1. The van der Waals surface area contributed by atoms with Gasteiger partial charge in [-0.2, -0.15) is 0 Å². The average molecular weight is 187 g/mol. The van der Waals surface area contributed by atoms with E-state index in [1.807, 2.05) is 12.1 Å². The van der Waals surface area contributed by atoms with Crippen molar-refractivity contribution in [3.05, 3.63) is 29.8 Å². The van der Waals surface area contributed by atoms with Gasteiger partial charge in [0.2, 0.25) is 0 Å². The maximum Gasteiger partial charge on any atom is 0.124 e. The van der Waals surface area contributed by atoms with Crippen molar-refractivity contribution >= 4 is 11.6 Å². The molecule has 1 atom stereocenters. The van der Waals surface area contributed by atoms with Gasteiger partial charge in [0.25, 0.3) is 0 Å². The van der Waals surface area contributed by atoms with E-state index in [9.17, 15) is 5.11 Å². The van der Waals surface area contributed by atoms with Crippen LogP contribution in [0.2, 0.25) is 0 Å². The van der Waals surface area contributed by atoms with Gasteiger partial charge in [0.05, 0.1) is 19.1 Å². The normalized spacial score (nSPS) is 12.6. The fourth-order valence-electron chi connectivity index (χ4n) is 1.02. The third-order valence-electron chi connectivity index (χ3n) is 1.64. The summed E-state index contributed by atoms with van der Waals surface area (Å²) in [6, 6.07) is 7.29. The van der Waals surface area contributed by atoms with Gasteiger partial charge < -0.3 is 9.84 Å². The molecule has 0 spiro atoms. The van der Waals surface area contributed by atoms with Gasteiger partial charge in [0, 0.05) is 5.56 Å². The maximum atomic E-state index is 9.43. The summed E-state index contributed by atoms with van der Waals surface area (Å²) in [5.74, 6) is 0.853. The third kappa shape index (κ3) is 1.90. The maximum absolute atomic E-state index is 9.43. The van der Waals surface area contributed by atoms with E-state index in [4.69, 9.17) is 16.3 Å². The van der Waals surface area contributed by atoms with Gasteiger partial charge in [0.15, 0.2) is 0 Å². The third-order valence-corrected chi connectivity index (χ3v) is 1.94. The summed E-state index contributed by atoms with van der Waals surface area (Å²) >= 11 is 5.51. The fraction of sp³-hybridized carbons (Fsp3) is 0.333. The molecule has 1 aromatic rings. The van der Waals surface area contributed by atoms with E-state index in [1.54, 1.807) is 19.2 Å². The first kappa shape index (κ1) is 9.36. The van der Waals surface area contributed by atoms with Gasteiger partial charge in [-0.3, -0.25) is 0 Å². The highest BCUT2D eigenvalue weighted by atomic mass is 35.5. The summed E-state index contributed by atoms with van der Waals surface area (Å²) in [5, 5.41) is 9.43. The van der Waals surface area contributed by atoms with E-state index < -0.39 is 6.10 Å². The van der Waals surface area contributed by atoms with Crippen LogP contribution in [0, 0.1) is 0 Å². The molecule has 0 fully saturated rings. The highest BCUT2D eigenvalue weighted by molar-refractivity contribution is 6.18. The second-order valence-electron chi connectivity index (χ2n) is 2.41. The van der Waals surface area contributed by atoms with Gasteiger partial charge in [0.1, 0.15) is 5.75 Å². The minimum absolute atomic E-state index is 0.181. The van der Waals surface area contributed by atoms with E-state index in [-0.39, 0.29) is 5.88 Å². The Morgan fingerprint density at radius 2 is 2.17 bits per heavy atom. The van der Waals surface area contributed by atoms with E-state index in [0.717, 1.165) is 5.56 Å². The summed E-state index contributed by atoms with van der Waals surface area (Å²) in [7, 11) is 1.57. The lowest BCUT2D eigenvalue weighted by Crippen LogP contribution is -2.01. The van der Waals surface area contributed by atoms with Crippen LogP contribution in [-0.4, -0.2) is 18.1 Å². The lowest BCUT2D eigenvalue weighted by atomic mass is 10.1. The largest absolute Gasteiger partial charge is 0.496 e. The number of rotatable bonds is 3. The molecule has 1 aromatic carbocycles. The molecule has 0 saturated carbocycles. The van der Waals surface area contributed by atoms with Crippen LogP contribution in [0.25, 0.3) is 0 Å². The summed E-state index contributed by atoms with van der Waals surface area (Å²) in [6.45, 7) is 0. The summed E-state index contributed by atoms with van der Waals surface area (Å²) in [6.07, 6.45) is -0.650. The molecule has 66 valence electrons. The Morgan fingerprint density at radius 3 is 2.75 bits per heavy atom. The molecule has 0 aromatic heterocycles. The van der Waals surface area contributed by atoms with Gasteiger partial charge in [-0.25, -0.2) is 0 Å². The van der Waals surface area contributed by atoms with Crippen LogP contribution in [0.1, 0.15) is 11.7 Å². The van der Waals surface area contributed by atoms with Gasteiger partial charge in [-0.15, -0.1) is 11.6 Å². The quantitative estimate of drug-likeness (QED) is 0.732. The lowest BCUT2D eigenvalue weighted by molar-refractivity contribution is 0.197. The first-order valence-corrected chi connectivity index (χ1v) is 4.20. The van der Waals surface area contributed by atoms with Crippen molar-refractivity contribution in [3.63, 3.8) is 0 Å². The Balaban J connectivity index is 2.96. The van der Waals surface area contributed by atoms with Crippen molar-refractivity contribution in [1.82, 2.24) is 0 Å². The zero-order valence-electron chi connectivity index (χ0n) is 6.83. The zero-order valence-corrected chi connectivity index (χ0v) is 7.58. The van der Waals surface area contributed by atoms with Crippen LogP contribution < -0.4 is 4.74 Å². The number of benzene rings is 1. The van der Waals surface area contributed by atoms with Gasteiger partial charge >= 0.3 is 0 Å². The van der Waals surface area contributed by atoms with Crippen molar-refractivity contribution in [2.45, 2.75) is 6.10 Å². The lowest BCUT2D eigenvalue weighted by Gasteiger charge is -2.11. The fourth-order valence-corrected chi connectivity index (χ4v) is 1.19. The van der Waals surface area contributed by atoms with Crippen LogP contribution in [0.3, 0.4) is 0 Å². The molecule has 0 aliphatic carbocycles. The molecule has 0 radical (unpaired) electrons. The van der Waals surface area contributed by atoms with E-state index in [1.165, 1.54) is 0 Å². The monoisotopic (exact) mass is 186 g/mol. The number of ether oxygens (including phenoxy) is 1. The molecule has 1 N–H and O–H groups in total. The Morgan fingerprint density at radius 1 is 1.50 bits per heavy atom. The Kier molecular flexibility index (Phi) is 3.38. The number of halogens is 1. The van der Waals surface area contributed by atoms with Crippen LogP contribution in [0.15, 0.2) is 24.3 Å². The number of aliphatic hydroxyl groups excluding tert-OH is 1. The Bertz CT molecular complexity index is 250. The van der Waals surface area contributed by atoms with Crippen molar-refractivity contribution < 1.29 is 9.84 Å². The van der Waals surface area contributed by atoms with Crippen LogP contribution in [0.5, 0.6) is 5.75 Å². The van der Waals surface area contributed by atoms with Crippen molar-refractivity contribution in [2.75, 3.05) is 13.0 Å². The minimum Gasteiger partial charge on any atom is -0.496 e. The summed E-state index contributed by atoms with van der Waals surface area (Å²) < 4.78 is 5.05. The molecular formula is C9H11ClO2. The predicted octanol–water partition coefficient (Wildman–Crippen LogP) is 1.97. The predicted molar refractivity (Wildman–Crippen MR) is 48.7 cm³/mol.